The molecule has 0 aliphatic carbocycles. The van der Waals surface area contributed by atoms with E-state index in [4.69, 9.17) is 4.74 Å². The summed E-state index contributed by atoms with van der Waals surface area (Å²) in [6, 6.07) is 5.51. The van der Waals surface area contributed by atoms with Crippen LogP contribution in [0.4, 0.5) is 5.82 Å². The fourth-order valence-electron chi connectivity index (χ4n) is 3.32. The molecule has 1 aliphatic heterocycles. The molecule has 28 heavy (non-hydrogen) atoms. The smallest absolute Gasteiger partial charge is 0.280 e. The number of nitrogens with zero attached hydrogens (tertiary/aromatic N) is 6. The number of hydrogen-bond acceptors (Lipinski definition) is 7. The molecule has 0 aromatic carbocycles. The Bertz CT molecular complexity index is 962. The van der Waals surface area contributed by atoms with Gasteiger partial charge in [0.25, 0.3) is 5.56 Å². The molecule has 1 N–H and O–H groups in total. The zero-order valence-electron chi connectivity index (χ0n) is 15.8. The van der Waals surface area contributed by atoms with Gasteiger partial charge in [0.1, 0.15) is 12.1 Å². The highest BCUT2D eigenvalue weighted by molar-refractivity contribution is 5.60. The molecule has 0 atom stereocenters. The molecule has 0 bridgehead atoms. The van der Waals surface area contributed by atoms with E-state index < -0.39 is 0 Å². The van der Waals surface area contributed by atoms with Gasteiger partial charge in [-0.15, -0.1) is 0 Å². The van der Waals surface area contributed by atoms with Crippen molar-refractivity contribution >= 4 is 5.82 Å². The van der Waals surface area contributed by atoms with Gasteiger partial charge < -0.3 is 9.64 Å². The lowest BCUT2D eigenvalue weighted by atomic mass is 10.2. The van der Waals surface area contributed by atoms with Crippen molar-refractivity contribution in [3.63, 3.8) is 0 Å². The minimum Gasteiger partial charge on any atom is -0.383 e. The van der Waals surface area contributed by atoms with Gasteiger partial charge in [0.2, 0.25) is 0 Å². The fraction of sp³-hybridized carbons (Fsp3) is 0.368. The number of methoxy groups -OCH3 is 1. The van der Waals surface area contributed by atoms with Crippen molar-refractivity contribution < 1.29 is 4.74 Å². The molecule has 0 amide bonds. The number of hydrogen-bond donors (Lipinski definition) is 1. The lowest BCUT2D eigenvalue weighted by molar-refractivity contribution is 0.144. The number of piperazine rings is 1. The van der Waals surface area contributed by atoms with Crippen LogP contribution in [0.2, 0.25) is 0 Å². The third kappa shape index (κ3) is 3.80. The molecule has 1 saturated heterocycles. The number of H-pyrrole nitrogens is 1. The van der Waals surface area contributed by atoms with Crippen LogP contribution in [0.25, 0.3) is 16.9 Å². The molecule has 9 nitrogen and oxygen atoms in total. The number of pyridine rings is 1. The first-order valence-electron chi connectivity index (χ1n) is 9.26. The monoisotopic (exact) mass is 381 g/mol. The Kier molecular flexibility index (Phi) is 5.45. The Labute approximate surface area is 162 Å². The third-order valence-electron chi connectivity index (χ3n) is 4.92. The largest absolute Gasteiger partial charge is 0.383 e. The van der Waals surface area contributed by atoms with Crippen molar-refractivity contribution in [2.45, 2.75) is 0 Å². The van der Waals surface area contributed by atoms with Crippen LogP contribution in [0, 0.1) is 0 Å². The van der Waals surface area contributed by atoms with Crippen LogP contribution in [0.1, 0.15) is 0 Å². The van der Waals surface area contributed by atoms with Crippen molar-refractivity contribution in [3.8, 4) is 16.9 Å². The van der Waals surface area contributed by atoms with E-state index in [-0.39, 0.29) is 5.56 Å². The Morgan fingerprint density at radius 3 is 2.75 bits per heavy atom. The summed E-state index contributed by atoms with van der Waals surface area (Å²) in [6.07, 6.45) is 6.53. The molecule has 0 saturated carbocycles. The lowest BCUT2D eigenvalue weighted by Crippen LogP contribution is -2.47. The van der Waals surface area contributed by atoms with E-state index in [2.05, 4.69) is 29.9 Å². The van der Waals surface area contributed by atoms with Gasteiger partial charge in [0, 0.05) is 70.1 Å². The van der Waals surface area contributed by atoms with Crippen LogP contribution in [0.15, 0.2) is 47.9 Å². The first kappa shape index (κ1) is 18.3. The predicted octanol–water partition coefficient (Wildman–Crippen LogP) is 0.786. The summed E-state index contributed by atoms with van der Waals surface area (Å²) in [7, 11) is 1.72. The molecule has 146 valence electrons. The maximum Gasteiger partial charge on any atom is 0.280 e. The summed E-state index contributed by atoms with van der Waals surface area (Å²) in [6.45, 7) is 5.34. The van der Waals surface area contributed by atoms with E-state index in [0.29, 0.717) is 11.4 Å². The van der Waals surface area contributed by atoms with Crippen molar-refractivity contribution in [2.24, 2.45) is 0 Å². The summed E-state index contributed by atoms with van der Waals surface area (Å²) in [5.41, 5.74) is 1.16. The summed E-state index contributed by atoms with van der Waals surface area (Å²) in [4.78, 5) is 30.2. The van der Waals surface area contributed by atoms with Gasteiger partial charge in [0.05, 0.1) is 12.2 Å². The van der Waals surface area contributed by atoms with Crippen LogP contribution < -0.4 is 10.5 Å². The Hall–Kier alpha value is -3.04. The van der Waals surface area contributed by atoms with Crippen molar-refractivity contribution in [1.82, 2.24) is 29.6 Å². The van der Waals surface area contributed by atoms with E-state index in [1.165, 1.54) is 11.0 Å². The highest BCUT2D eigenvalue weighted by Gasteiger charge is 2.19. The van der Waals surface area contributed by atoms with Crippen LogP contribution in [0.5, 0.6) is 0 Å². The molecular weight excluding hydrogens is 358 g/mol. The molecule has 0 radical (unpaired) electrons. The van der Waals surface area contributed by atoms with E-state index in [1.807, 2.05) is 12.1 Å². The van der Waals surface area contributed by atoms with Gasteiger partial charge in [0.15, 0.2) is 5.82 Å². The molecule has 0 spiro atoms. The SMILES string of the molecule is COCCN1CCN(c2cc(-n3[nH]cc(-c4cccnc4)c3=O)ncn2)CC1. The standard InChI is InChI=1S/C19H23N7O2/c1-28-10-9-24-5-7-25(8-6-24)17-11-18(22-14-21-17)26-19(27)16(13-23-26)15-3-2-4-20-12-15/h2-4,11-14,23H,5-10H2,1H3. The Morgan fingerprint density at radius 2 is 2.00 bits per heavy atom. The van der Waals surface area contributed by atoms with Gasteiger partial charge >= 0.3 is 0 Å². The normalized spacial score (nSPS) is 15.1. The van der Waals surface area contributed by atoms with E-state index >= 15 is 0 Å². The molecule has 0 unspecified atom stereocenters. The molecule has 1 fully saturated rings. The van der Waals surface area contributed by atoms with Gasteiger partial charge in [-0.05, 0) is 6.07 Å². The number of aromatic amines is 1. The topological polar surface area (TPSA) is 92.2 Å². The molecule has 4 rings (SSSR count). The highest BCUT2D eigenvalue weighted by Crippen LogP contribution is 2.17. The number of ether oxygens (including phenoxy) is 1. The molecular formula is C19H23N7O2. The van der Waals surface area contributed by atoms with Crippen LogP contribution in [-0.2, 0) is 4.74 Å². The predicted molar refractivity (Wildman–Crippen MR) is 106 cm³/mol. The zero-order valence-corrected chi connectivity index (χ0v) is 15.8. The maximum absolute atomic E-state index is 12.8. The van der Waals surface area contributed by atoms with E-state index in [9.17, 15) is 4.79 Å². The number of rotatable bonds is 6. The van der Waals surface area contributed by atoms with Crippen molar-refractivity contribution in [2.75, 3.05) is 51.3 Å². The summed E-state index contributed by atoms with van der Waals surface area (Å²) < 4.78 is 6.58. The van der Waals surface area contributed by atoms with Crippen molar-refractivity contribution in [3.05, 3.63) is 53.5 Å². The minimum atomic E-state index is -0.165. The number of nitrogens with one attached hydrogen (secondary N) is 1. The average molecular weight is 381 g/mol. The van der Waals surface area contributed by atoms with Crippen LogP contribution in [0.3, 0.4) is 0 Å². The summed E-state index contributed by atoms with van der Waals surface area (Å²) in [5, 5.41) is 2.99. The summed E-state index contributed by atoms with van der Waals surface area (Å²) in [5.74, 6) is 1.34. The Balaban J connectivity index is 1.52. The molecule has 3 aromatic rings. The minimum absolute atomic E-state index is 0.165. The molecule has 4 heterocycles. The average Bonchev–Trinajstić information content (AvgIpc) is 3.14. The lowest BCUT2D eigenvalue weighted by Gasteiger charge is -2.35. The van der Waals surface area contributed by atoms with Gasteiger partial charge in [-0.25, -0.2) is 14.6 Å². The second-order valence-electron chi connectivity index (χ2n) is 6.63. The van der Waals surface area contributed by atoms with Gasteiger partial charge in [-0.2, -0.15) is 0 Å². The second-order valence-corrected chi connectivity index (χ2v) is 6.63. The first-order chi connectivity index (χ1) is 13.8. The van der Waals surface area contributed by atoms with Crippen molar-refractivity contribution in [1.29, 1.82) is 0 Å². The highest BCUT2D eigenvalue weighted by atomic mass is 16.5. The fourth-order valence-corrected chi connectivity index (χ4v) is 3.32. The Morgan fingerprint density at radius 1 is 1.18 bits per heavy atom. The maximum atomic E-state index is 12.8. The zero-order chi connectivity index (χ0) is 19.3. The number of anilines is 1. The second kappa shape index (κ2) is 8.32. The molecule has 9 heteroatoms. The summed E-state index contributed by atoms with van der Waals surface area (Å²) >= 11 is 0. The van der Waals surface area contributed by atoms with Gasteiger partial charge in [-0.3, -0.25) is 19.8 Å². The van der Waals surface area contributed by atoms with Crippen LogP contribution >= 0.6 is 0 Å². The van der Waals surface area contributed by atoms with Gasteiger partial charge in [-0.1, -0.05) is 6.07 Å². The quantitative estimate of drug-likeness (QED) is 0.675. The molecule has 3 aromatic heterocycles. The number of aromatic nitrogens is 5. The molecule has 1 aliphatic rings. The first-order valence-corrected chi connectivity index (χ1v) is 9.26. The van der Waals surface area contributed by atoms with E-state index in [1.54, 1.807) is 31.8 Å². The third-order valence-corrected chi connectivity index (χ3v) is 4.92. The van der Waals surface area contributed by atoms with Crippen LogP contribution in [-0.4, -0.2) is 76.1 Å². The van der Waals surface area contributed by atoms with E-state index in [0.717, 1.165) is 50.7 Å².